The van der Waals surface area contributed by atoms with Crippen molar-refractivity contribution in [2.75, 3.05) is 19.6 Å². The fourth-order valence-corrected chi connectivity index (χ4v) is 1.35. The van der Waals surface area contributed by atoms with Crippen molar-refractivity contribution in [2.24, 2.45) is 0 Å². The Bertz CT molecular complexity index is 306. The predicted molar refractivity (Wildman–Crippen MR) is 77.6 cm³/mol. The molecule has 0 radical (unpaired) electrons. The molecule has 1 aromatic rings. The molecule has 0 saturated heterocycles. The van der Waals surface area contributed by atoms with Crippen molar-refractivity contribution >= 4 is 30.7 Å². The van der Waals surface area contributed by atoms with E-state index < -0.39 is 0 Å². The predicted octanol–water partition coefficient (Wildman–Crippen LogP) is 1.40. The molecule has 106 valence electrons. The van der Waals surface area contributed by atoms with Gasteiger partial charge in [-0.05, 0) is 26.0 Å². The highest BCUT2D eigenvalue weighted by Gasteiger charge is 2.13. The number of hydrogen-bond donors (Lipinski definition) is 2. The maximum Gasteiger partial charge on any atom is 0.244 e. The number of rotatable bonds is 7. The summed E-state index contributed by atoms with van der Waals surface area (Å²) in [5.74, 6) is 0.00185. The molecule has 1 unspecified atom stereocenters. The molecule has 18 heavy (non-hydrogen) atoms. The van der Waals surface area contributed by atoms with Crippen molar-refractivity contribution in [1.29, 1.82) is 0 Å². The van der Waals surface area contributed by atoms with E-state index in [1.807, 2.05) is 13.0 Å². The molecule has 0 aliphatic heterocycles. The number of halogens is 2. The highest BCUT2D eigenvalue weighted by Crippen LogP contribution is 2.01. The molecule has 5 nitrogen and oxygen atoms in total. The van der Waals surface area contributed by atoms with E-state index >= 15 is 0 Å². The third-order valence-electron chi connectivity index (χ3n) is 2.33. The fraction of sp³-hybridized carbons (Fsp3) is 0.636. The number of aromatic nitrogens is 2. The lowest BCUT2D eigenvalue weighted by Gasteiger charge is -2.12. The van der Waals surface area contributed by atoms with Gasteiger partial charge in [-0.1, -0.05) is 6.92 Å². The lowest BCUT2D eigenvalue weighted by Crippen LogP contribution is -2.36. The standard InChI is InChI=1S/C11H20N4O.2ClH/c1-3-5-12-7-8-13-11(16)10(2)15-9-4-6-14-15;;/h4,6,9-10,12H,3,5,7-8H2,1-2H3,(H,13,16);2*1H. The molecule has 0 aliphatic rings. The summed E-state index contributed by atoms with van der Waals surface area (Å²) >= 11 is 0. The van der Waals surface area contributed by atoms with Crippen molar-refractivity contribution in [3.63, 3.8) is 0 Å². The Kier molecular flexibility index (Phi) is 12.3. The molecule has 0 bridgehead atoms. The first-order valence-corrected chi connectivity index (χ1v) is 5.73. The number of nitrogens with zero attached hydrogens (tertiary/aromatic N) is 2. The van der Waals surface area contributed by atoms with E-state index in [4.69, 9.17) is 0 Å². The zero-order chi connectivity index (χ0) is 11.8. The molecule has 1 aromatic heterocycles. The van der Waals surface area contributed by atoms with Gasteiger partial charge in [0.15, 0.2) is 0 Å². The summed E-state index contributed by atoms with van der Waals surface area (Å²) in [6.45, 7) is 6.41. The van der Waals surface area contributed by atoms with Crippen LogP contribution in [-0.4, -0.2) is 35.3 Å². The van der Waals surface area contributed by atoms with Gasteiger partial charge >= 0.3 is 0 Å². The number of amides is 1. The summed E-state index contributed by atoms with van der Waals surface area (Å²) in [6.07, 6.45) is 4.57. The Morgan fingerprint density at radius 3 is 2.61 bits per heavy atom. The van der Waals surface area contributed by atoms with Crippen molar-refractivity contribution in [1.82, 2.24) is 20.4 Å². The minimum absolute atomic E-state index is 0. The summed E-state index contributed by atoms with van der Waals surface area (Å²) in [4.78, 5) is 11.7. The number of carbonyl (C=O) groups is 1. The first-order chi connectivity index (χ1) is 7.75. The van der Waals surface area contributed by atoms with E-state index in [1.54, 1.807) is 17.1 Å². The zero-order valence-corrected chi connectivity index (χ0v) is 12.4. The van der Waals surface area contributed by atoms with Crippen LogP contribution in [0.25, 0.3) is 0 Å². The lowest BCUT2D eigenvalue weighted by molar-refractivity contribution is -0.124. The van der Waals surface area contributed by atoms with Crippen LogP contribution in [0.2, 0.25) is 0 Å². The van der Waals surface area contributed by atoms with Gasteiger partial charge in [0.05, 0.1) is 0 Å². The Balaban J connectivity index is 0. The molecule has 1 heterocycles. The van der Waals surface area contributed by atoms with Gasteiger partial charge in [-0.2, -0.15) is 5.10 Å². The van der Waals surface area contributed by atoms with E-state index in [0.29, 0.717) is 6.54 Å². The average Bonchev–Trinajstić information content (AvgIpc) is 2.81. The summed E-state index contributed by atoms with van der Waals surface area (Å²) in [6, 6.07) is 1.56. The maximum atomic E-state index is 11.7. The van der Waals surface area contributed by atoms with Gasteiger partial charge < -0.3 is 10.6 Å². The molecular weight excluding hydrogens is 275 g/mol. The number of hydrogen-bond acceptors (Lipinski definition) is 3. The molecule has 2 N–H and O–H groups in total. The van der Waals surface area contributed by atoms with Gasteiger partial charge in [0.25, 0.3) is 0 Å². The molecule has 0 saturated carbocycles. The SMILES string of the molecule is CCCNCCNC(=O)C(C)n1cccn1.Cl.Cl. The van der Waals surface area contributed by atoms with Crippen LogP contribution in [0.1, 0.15) is 26.3 Å². The summed E-state index contributed by atoms with van der Waals surface area (Å²) < 4.78 is 1.65. The van der Waals surface area contributed by atoms with Crippen molar-refractivity contribution in [3.8, 4) is 0 Å². The monoisotopic (exact) mass is 296 g/mol. The van der Waals surface area contributed by atoms with Crippen LogP contribution >= 0.6 is 24.8 Å². The highest BCUT2D eigenvalue weighted by molar-refractivity contribution is 5.85. The van der Waals surface area contributed by atoms with Crippen LogP contribution in [0.3, 0.4) is 0 Å². The van der Waals surface area contributed by atoms with Gasteiger partial charge in [-0.3, -0.25) is 9.48 Å². The molecule has 1 rings (SSSR count). The summed E-state index contributed by atoms with van der Waals surface area (Å²) in [5.41, 5.74) is 0. The quantitative estimate of drug-likeness (QED) is 0.748. The smallest absolute Gasteiger partial charge is 0.244 e. The van der Waals surface area contributed by atoms with Gasteiger partial charge in [0, 0.05) is 25.5 Å². The normalized spacial score (nSPS) is 11.0. The van der Waals surface area contributed by atoms with Crippen LogP contribution in [0.5, 0.6) is 0 Å². The minimum Gasteiger partial charge on any atom is -0.353 e. The zero-order valence-electron chi connectivity index (χ0n) is 10.8. The fourth-order valence-electron chi connectivity index (χ4n) is 1.35. The molecule has 1 atom stereocenters. The van der Waals surface area contributed by atoms with Gasteiger partial charge in [-0.25, -0.2) is 0 Å². The third kappa shape index (κ3) is 6.83. The van der Waals surface area contributed by atoms with E-state index in [-0.39, 0.29) is 36.8 Å². The van der Waals surface area contributed by atoms with E-state index in [0.717, 1.165) is 19.5 Å². The van der Waals surface area contributed by atoms with Crippen LogP contribution in [0.15, 0.2) is 18.5 Å². The van der Waals surface area contributed by atoms with Crippen LogP contribution in [-0.2, 0) is 4.79 Å². The average molecular weight is 297 g/mol. The van der Waals surface area contributed by atoms with Crippen molar-refractivity contribution in [2.45, 2.75) is 26.3 Å². The summed E-state index contributed by atoms with van der Waals surface area (Å²) in [5, 5.41) is 10.1. The molecule has 0 aliphatic carbocycles. The Hall–Kier alpha value is -0.780. The molecule has 1 amide bonds. The van der Waals surface area contributed by atoms with Crippen molar-refractivity contribution < 1.29 is 4.79 Å². The topological polar surface area (TPSA) is 58.9 Å². The van der Waals surface area contributed by atoms with Gasteiger partial charge in [0.1, 0.15) is 6.04 Å². The molecule has 7 heteroatoms. The molecule has 0 fully saturated rings. The Morgan fingerprint density at radius 1 is 1.33 bits per heavy atom. The van der Waals surface area contributed by atoms with Gasteiger partial charge in [0.2, 0.25) is 5.91 Å². The van der Waals surface area contributed by atoms with E-state index in [2.05, 4.69) is 22.7 Å². The van der Waals surface area contributed by atoms with Crippen LogP contribution < -0.4 is 10.6 Å². The lowest BCUT2D eigenvalue weighted by atomic mass is 10.3. The molecule has 0 aromatic carbocycles. The second-order valence-corrected chi connectivity index (χ2v) is 3.70. The van der Waals surface area contributed by atoms with Crippen LogP contribution in [0, 0.1) is 0 Å². The molecular formula is C11H22Cl2N4O. The van der Waals surface area contributed by atoms with Crippen LogP contribution in [0.4, 0.5) is 0 Å². The minimum atomic E-state index is -0.249. The van der Waals surface area contributed by atoms with Crippen molar-refractivity contribution in [3.05, 3.63) is 18.5 Å². The second kappa shape index (κ2) is 11.3. The first-order valence-electron chi connectivity index (χ1n) is 5.73. The number of carbonyl (C=O) groups excluding carboxylic acids is 1. The Labute approximate surface area is 121 Å². The number of nitrogens with one attached hydrogen (secondary N) is 2. The Morgan fingerprint density at radius 2 is 2.06 bits per heavy atom. The largest absolute Gasteiger partial charge is 0.353 e. The highest BCUT2D eigenvalue weighted by atomic mass is 35.5. The van der Waals surface area contributed by atoms with E-state index in [1.165, 1.54) is 0 Å². The second-order valence-electron chi connectivity index (χ2n) is 3.70. The maximum absolute atomic E-state index is 11.7. The van der Waals surface area contributed by atoms with E-state index in [9.17, 15) is 4.79 Å². The molecule has 0 spiro atoms. The van der Waals surface area contributed by atoms with Gasteiger partial charge in [-0.15, -0.1) is 24.8 Å². The third-order valence-corrected chi connectivity index (χ3v) is 2.33. The first kappa shape index (κ1) is 19.6. The summed E-state index contributed by atoms with van der Waals surface area (Å²) in [7, 11) is 0.